The van der Waals surface area contributed by atoms with Crippen LogP contribution in [-0.2, 0) is 18.2 Å². The van der Waals surface area contributed by atoms with E-state index in [-0.39, 0.29) is 5.56 Å². The molecule has 0 saturated heterocycles. The molecule has 0 N–H and O–H groups in total. The first-order chi connectivity index (χ1) is 15.3. The molecule has 4 rings (SSSR count). The van der Waals surface area contributed by atoms with Gasteiger partial charge in [0.15, 0.2) is 4.90 Å². The van der Waals surface area contributed by atoms with Gasteiger partial charge in [-0.2, -0.15) is 4.98 Å². The maximum absolute atomic E-state index is 12.3. The van der Waals surface area contributed by atoms with Gasteiger partial charge in [-0.25, -0.2) is 4.98 Å². The van der Waals surface area contributed by atoms with Gasteiger partial charge in [0, 0.05) is 36.8 Å². The third-order valence-electron chi connectivity index (χ3n) is 5.98. The molecule has 1 aliphatic carbocycles. The number of pyridine rings is 2. The summed E-state index contributed by atoms with van der Waals surface area (Å²) in [5.74, 6) is 2.69. The van der Waals surface area contributed by atoms with Gasteiger partial charge in [-0.1, -0.05) is 6.92 Å². The molecule has 3 aromatic rings. The molecule has 8 nitrogen and oxygen atoms in total. The second-order valence-corrected chi connectivity index (χ2v) is 9.42. The fraction of sp³-hybridized carbons (Fsp3) is 0.391. The summed E-state index contributed by atoms with van der Waals surface area (Å²) in [6.45, 7) is 4.41. The number of methoxy groups -OCH3 is 1. The molecule has 0 spiro atoms. The van der Waals surface area contributed by atoms with Crippen LogP contribution in [0.4, 0.5) is 0 Å². The van der Waals surface area contributed by atoms with Crippen molar-refractivity contribution < 1.29 is 14.0 Å². The van der Waals surface area contributed by atoms with Gasteiger partial charge in [0.2, 0.25) is 5.88 Å². The molecule has 0 aliphatic heterocycles. The minimum Gasteiger partial charge on any atom is -0.612 e. The zero-order valence-corrected chi connectivity index (χ0v) is 19.5. The minimum absolute atomic E-state index is 0.206. The fourth-order valence-corrected chi connectivity index (χ4v) is 4.75. The third kappa shape index (κ3) is 4.35. The lowest BCUT2D eigenvalue weighted by Crippen LogP contribution is -2.18. The second-order valence-electron chi connectivity index (χ2n) is 8.07. The lowest BCUT2D eigenvalue weighted by molar-refractivity contribution is 0.280. The predicted octanol–water partition coefficient (Wildman–Crippen LogP) is 2.72. The first-order valence-corrected chi connectivity index (χ1v) is 11.9. The smallest absolute Gasteiger partial charge is 0.251 e. The van der Waals surface area contributed by atoms with Crippen LogP contribution in [0, 0.1) is 18.8 Å². The van der Waals surface area contributed by atoms with E-state index in [4.69, 9.17) is 9.47 Å². The van der Waals surface area contributed by atoms with E-state index in [1.807, 2.05) is 12.1 Å². The van der Waals surface area contributed by atoms with E-state index >= 15 is 0 Å². The number of hydrogen-bond donors (Lipinski definition) is 0. The Hall–Kier alpha value is -2.91. The standard InChI is InChI=1S/C23H26N4O4S/c1-13-18(22(13)19-7-6-15(30-4)9-25-19)12-31-23-17(10-24-14(2)26-23)16-8-21(28)27(3)11-20(16)32(5)29/h6-11,13,18,22H,12H2,1-5H3. The van der Waals surface area contributed by atoms with Crippen LogP contribution in [0.15, 0.2) is 46.5 Å². The van der Waals surface area contributed by atoms with Crippen LogP contribution in [-0.4, -0.2) is 44.0 Å². The van der Waals surface area contributed by atoms with E-state index in [1.54, 1.807) is 45.9 Å². The summed E-state index contributed by atoms with van der Waals surface area (Å²) >= 11 is -1.30. The highest BCUT2D eigenvalue weighted by Crippen LogP contribution is 2.53. The zero-order valence-electron chi connectivity index (χ0n) is 18.7. The molecule has 4 unspecified atom stereocenters. The van der Waals surface area contributed by atoms with Crippen LogP contribution in [0.1, 0.15) is 24.4 Å². The second kappa shape index (κ2) is 8.91. The molecule has 0 radical (unpaired) electrons. The number of nitrogens with zero attached hydrogens (tertiary/aromatic N) is 4. The van der Waals surface area contributed by atoms with Crippen LogP contribution in [0.5, 0.6) is 11.6 Å². The lowest BCUT2D eigenvalue weighted by Gasteiger charge is -2.15. The molecule has 32 heavy (non-hydrogen) atoms. The maximum atomic E-state index is 12.3. The van der Waals surface area contributed by atoms with E-state index in [0.29, 0.717) is 52.1 Å². The molecule has 4 atom stereocenters. The van der Waals surface area contributed by atoms with Gasteiger partial charge in [0.05, 0.1) is 37.2 Å². The topological polar surface area (TPSA) is 102 Å². The van der Waals surface area contributed by atoms with Crippen LogP contribution in [0.2, 0.25) is 0 Å². The van der Waals surface area contributed by atoms with Crippen molar-refractivity contribution in [2.45, 2.75) is 24.7 Å². The van der Waals surface area contributed by atoms with Crippen LogP contribution < -0.4 is 15.0 Å². The Morgan fingerprint density at radius 3 is 2.66 bits per heavy atom. The molecule has 0 amide bonds. The summed E-state index contributed by atoms with van der Waals surface area (Å²) in [6, 6.07) is 5.36. The summed E-state index contributed by atoms with van der Waals surface area (Å²) < 4.78 is 25.1. The predicted molar refractivity (Wildman–Crippen MR) is 121 cm³/mol. The van der Waals surface area contributed by atoms with Crippen molar-refractivity contribution in [1.82, 2.24) is 19.5 Å². The molecule has 3 heterocycles. The van der Waals surface area contributed by atoms with Gasteiger partial charge in [0.25, 0.3) is 5.56 Å². The SMILES string of the molecule is COc1ccc(C2C(C)C2COc2nc(C)ncc2-c2cc(=O)n(C)cc2[S+](C)[O-])nc1. The number of hydrogen-bond acceptors (Lipinski definition) is 7. The highest BCUT2D eigenvalue weighted by Gasteiger charge is 2.49. The van der Waals surface area contributed by atoms with E-state index in [9.17, 15) is 9.35 Å². The molecule has 0 aromatic carbocycles. The van der Waals surface area contributed by atoms with Crippen LogP contribution >= 0.6 is 0 Å². The van der Waals surface area contributed by atoms with Gasteiger partial charge in [0.1, 0.15) is 17.8 Å². The molecule has 1 fully saturated rings. The van der Waals surface area contributed by atoms with Crippen molar-refractivity contribution in [3.8, 4) is 22.8 Å². The van der Waals surface area contributed by atoms with Crippen molar-refractivity contribution in [3.63, 3.8) is 0 Å². The Kier molecular flexibility index (Phi) is 6.21. The van der Waals surface area contributed by atoms with E-state index in [2.05, 4.69) is 21.9 Å². The van der Waals surface area contributed by atoms with Gasteiger partial charge < -0.3 is 18.6 Å². The maximum Gasteiger partial charge on any atom is 0.251 e. The third-order valence-corrected chi connectivity index (χ3v) is 6.92. The molecule has 1 saturated carbocycles. The Balaban J connectivity index is 1.59. The molecular formula is C23H26N4O4S. The van der Waals surface area contributed by atoms with Gasteiger partial charge in [-0.15, -0.1) is 0 Å². The first kappa shape index (κ1) is 22.3. The van der Waals surface area contributed by atoms with E-state index < -0.39 is 11.2 Å². The van der Waals surface area contributed by atoms with Gasteiger partial charge in [-0.3, -0.25) is 9.78 Å². The van der Waals surface area contributed by atoms with E-state index in [1.165, 1.54) is 10.6 Å². The highest BCUT2D eigenvalue weighted by atomic mass is 32.2. The number of aryl methyl sites for hydroxylation is 2. The highest BCUT2D eigenvalue weighted by molar-refractivity contribution is 7.90. The quantitative estimate of drug-likeness (QED) is 0.506. The minimum atomic E-state index is -1.30. The molecular weight excluding hydrogens is 428 g/mol. The molecule has 0 bridgehead atoms. The van der Waals surface area contributed by atoms with E-state index in [0.717, 1.165) is 11.4 Å². The Morgan fingerprint density at radius 1 is 1.22 bits per heavy atom. The Labute approximate surface area is 189 Å². The normalized spacial score (nSPS) is 20.6. The largest absolute Gasteiger partial charge is 0.612 e. The summed E-state index contributed by atoms with van der Waals surface area (Å²) in [7, 11) is 3.25. The average molecular weight is 455 g/mol. The average Bonchev–Trinajstić information content (AvgIpc) is 3.43. The monoisotopic (exact) mass is 454 g/mol. The summed E-state index contributed by atoms with van der Waals surface area (Å²) in [5.41, 5.74) is 1.90. The summed E-state index contributed by atoms with van der Waals surface area (Å²) in [5, 5.41) is 0. The molecule has 3 aromatic heterocycles. The fourth-order valence-electron chi connectivity index (χ4n) is 3.96. The Bertz CT molecular complexity index is 1180. The van der Waals surface area contributed by atoms with Gasteiger partial charge >= 0.3 is 0 Å². The molecule has 9 heteroatoms. The van der Waals surface area contributed by atoms with Gasteiger partial charge in [-0.05, 0) is 36.2 Å². The van der Waals surface area contributed by atoms with Crippen molar-refractivity contribution >= 4 is 11.2 Å². The molecule has 168 valence electrons. The Morgan fingerprint density at radius 2 is 2.00 bits per heavy atom. The first-order valence-electron chi connectivity index (χ1n) is 10.3. The molecule has 1 aliphatic rings. The van der Waals surface area contributed by atoms with Crippen LogP contribution in [0.25, 0.3) is 11.1 Å². The zero-order chi connectivity index (χ0) is 23.0. The number of aromatic nitrogens is 4. The lowest BCUT2D eigenvalue weighted by atomic mass is 10.1. The number of rotatable bonds is 7. The summed E-state index contributed by atoms with van der Waals surface area (Å²) in [6.07, 6.45) is 6.52. The van der Waals surface area contributed by atoms with Crippen molar-refractivity contribution in [3.05, 3.63) is 58.7 Å². The number of ether oxygens (including phenoxy) is 2. The van der Waals surface area contributed by atoms with Crippen molar-refractivity contribution in [1.29, 1.82) is 0 Å². The summed E-state index contributed by atoms with van der Waals surface area (Å²) in [4.78, 5) is 26.1. The van der Waals surface area contributed by atoms with Crippen LogP contribution in [0.3, 0.4) is 0 Å². The van der Waals surface area contributed by atoms with Crippen molar-refractivity contribution in [2.24, 2.45) is 18.9 Å². The van der Waals surface area contributed by atoms with Crippen molar-refractivity contribution in [2.75, 3.05) is 20.0 Å².